The van der Waals surface area contributed by atoms with Gasteiger partial charge in [-0.3, -0.25) is 5.10 Å². The van der Waals surface area contributed by atoms with E-state index in [4.69, 9.17) is 6.57 Å². The number of benzene rings is 1. The Morgan fingerprint density at radius 2 is 1.93 bits per heavy atom. The Bertz CT molecular complexity index is 998. The number of anilines is 3. The molecule has 0 radical (unpaired) electrons. The van der Waals surface area contributed by atoms with Gasteiger partial charge in [-0.25, -0.2) is 4.85 Å². The van der Waals surface area contributed by atoms with Gasteiger partial charge < -0.3 is 10.6 Å². The molecule has 0 saturated heterocycles. The van der Waals surface area contributed by atoms with E-state index in [1.165, 1.54) is 12.8 Å². The van der Waals surface area contributed by atoms with Crippen LogP contribution in [0.1, 0.15) is 55.7 Å². The second kappa shape index (κ2) is 7.64. The van der Waals surface area contributed by atoms with Gasteiger partial charge in [-0.15, -0.1) is 0 Å². The van der Waals surface area contributed by atoms with Crippen LogP contribution in [0, 0.1) is 6.57 Å². The molecule has 142 valence electrons. The van der Waals surface area contributed by atoms with Crippen LogP contribution in [0.5, 0.6) is 0 Å². The number of nitrogens with zero attached hydrogens (tertiary/aromatic N) is 5. The van der Waals surface area contributed by atoms with E-state index in [9.17, 15) is 0 Å². The summed E-state index contributed by atoms with van der Waals surface area (Å²) < 4.78 is 0. The fourth-order valence-corrected chi connectivity index (χ4v) is 2.93. The highest BCUT2D eigenvalue weighted by Crippen LogP contribution is 2.39. The minimum atomic E-state index is -0.00778. The lowest BCUT2D eigenvalue weighted by Gasteiger charge is -2.15. The summed E-state index contributed by atoms with van der Waals surface area (Å²) in [5, 5.41) is 13.9. The van der Waals surface area contributed by atoms with E-state index in [1.807, 2.05) is 44.2 Å². The van der Waals surface area contributed by atoms with Gasteiger partial charge in [0.25, 0.3) is 0 Å². The molecule has 2 aromatic heterocycles. The molecule has 1 aliphatic carbocycles. The molecule has 3 N–H and O–H groups in total. The van der Waals surface area contributed by atoms with Gasteiger partial charge in [-0.2, -0.15) is 20.1 Å². The van der Waals surface area contributed by atoms with Gasteiger partial charge in [-0.1, -0.05) is 31.2 Å². The molecule has 0 aliphatic heterocycles. The van der Waals surface area contributed by atoms with Crippen LogP contribution >= 0.6 is 0 Å². The highest BCUT2D eigenvalue weighted by Gasteiger charge is 2.25. The Hall–Kier alpha value is -3.47. The maximum absolute atomic E-state index is 7.06. The lowest BCUT2D eigenvalue weighted by Crippen LogP contribution is -2.12. The molecule has 4 rings (SSSR count). The maximum Gasteiger partial charge on any atom is 0.233 e. The molecule has 0 amide bonds. The van der Waals surface area contributed by atoms with Crippen molar-refractivity contribution in [2.45, 2.75) is 45.1 Å². The molecule has 1 atom stereocenters. The molecule has 1 unspecified atom stereocenters. The molecule has 1 fully saturated rings. The van der Waals surface area contributed by atoms with Crippen LogP contribution in [0.2, 0.25) is 0 Å². The predicted molar refractivity (Wildman–Crippen MR) is 108 cm³/mol. The van der Waals surface area contributed by atoms with Crippen molar-refractivity contribution in [2.75, 3.05) is 10.6 Å². The average Bonchev–Trinajstić information content (AvgIpc) is 3.47. The molecule has 2 heterocycles. The number of hydrogen-bond acceptors (Lipinski definition) is 6. The quantitative estimate of drug-likeness (QED) is 0.527. The number of nitrogens with one attached hydrogen (secondary N) is 3. The SMILES string of the molecule is [C-]#[N+]c1ccc(C(C)Nc2nc(CC)nc(Nc3cc(C4CC4)[nH]n3)n2)cc1. The average molecular weight is 374 g/mol. The number of H-pyrrole nitrogens is 1. The monoisotopic (exact) mass is 374 g/mol. The van der Waals surface area contributed by atoms with Crippen molar-refractivity contribution in [1.82, 2.24) is 25.1 Å². The van der Waals surface area contributed by atoms with E-state index in [1.54, 1.807) is 0 Å². The lowest BCUT2D eigenvalue weighted by atomic mass is 10.1. The summed E-state index contributed by atoms with van der Waals surface area (Å²) in [7, 11) is 0. The zero-order valence-corrected chi connectivity index (χ0v) is 15.9. The normalized spacial score (nSPS) is 14.3. The van der Waals surface area contributed by atoms with Crippen LogP contribution in [-0.4, -0.2) is 25.1 Å². The molecule has 0 bridgehead atoms. The first-order valence-corrected chi connectivity index (χ1v) is 9.46. The minimum absolute atomic E-state index is 0.00778. The highest BCUT2D eigenvalue weighted by molar-refractivity contribution is 5.51. The zero-order valence-electron chi connectivity index (χ0n) is 15.9. The van der Waals surface area contributed by atoms with Crippen LogP contribution in [-0.2, 0) is 6.42 Å². The van der Waals surface area contributed by atoms with Crippen LogP contribution in [0.25, 0.3) is 4.85 Å². The molecule has 1 aromatic carbocycles. The molecule has 28 heavy (non-hydrogen) atoms. The van der Waals surface area contributed by atoms with Gasteiger partial charge >= 0.3 is 0 Å². The summed E-state index contributed by atoms with van der Waals surface area (Å²) in [6.07, 6.45) is 3.14. The second-order valence-corrected chi connectivity index (χ2v) is 6.93. The van der Waals surface area contributed by atoms with Crippen LogP contribution in [0.4, 0.5) is 23.4 Å². The first-order valence-electron chi connectivity index (χ1n) is 9.46. The smallest absolute Gasteiger partial charge is 0.233 e. The zero-order chi connectivity index (χ0) is 19.5. The Kier molecular flexibility index (Phi) is 4.89. The van der Waals surface area contributed by atoms with Crippen LogP contribution in [0.15, 0.2) is 30.3 Å². The van der Waals surface area contributed by atoms with Crippen molar-refractivity contribution in [3.05, 3.63) is 58.8 Å². The largest absolute Gasteiger partial charge is 0.348 e. The van der Waals surface area contributed by atoms with E-state index in [0.717, 1.165) is 11.3 Å². The third-order valence-corrected chi connectivity index (χ3v) is 4.72. The second-order valence-electron chi connectivity index (χ2n) is 6.93. The van der Waals surface area contributed by atoms with Gasteiger partial charge in [-0.05, 0) is 25.3 Å². The summed E-state index contributed by atoms with van der Waals surface area (Å²) >= 11 is 0. The first kappa shape index (κ1) is 17.9. The standard InChI is InChI=1S/C20H22N8/c1-4-17-23-19(22-12(2)13-7-9-15(21-3)10-8-13)26-20(24-17)25-18-11-16(27-28-18)14-5-6-14/h7-12,14H,4-6H2,1-2H3,(H3,22,23,24,25,26,27,28). The van der Waals surface area contributed by atoms with Crippen molar-refractivity contribution >= 4 is 23.4 Å². The minimum Gasteiger partial charge on any atom is -0.348 e. The van der Waals surface area contributed by atoms with E-state index >= 15 is 0 Å². The van der Waals surface area contributed by atoms with E-state index in [2.05, 4.69) is 40.6 Å². The van der Waals surface area contributed by atoms with Crippen molar-refractivity contribution < 1.29 is 0 Å². The Balaban J connectivity index is 1.51. The lowest BCUT2D eigenvalue weighted by molar-refractivity contribution is 0.833. The summed E-state index contributed by atoms with van der Waals surface area (Å²) in [4.78, 5) is 16.9. The topological polar surface area (TPSA) is 95.8 Å². The van der Waals surface area contributed by atoms with Crippen molar-refractivity contribution in [3.63, 3.8) is 0 Å². The Morgan fingerprint density at radius 1 is 1.18 bits per heavy atom. The van der Waals surface area contributed by atoms with Gasteiger partial charge in [0, 0.05) is 24.1 Å². The molecule has 0 spiro atoms. The van der Waals surface area contributed by atoms with Crippen molar-refractivity contribution in [2.24, 2.45) is 0 Å². The fraction of sp³-hybridized carbons (Fsp3) is 0.350. The van der Waals surface area contributed by atoms with Gasteiger partial charge in [0.2, 0.25) is 11.9 Å². The number of hydrogen-bond donors (Lipinski definition) is 3. The predicted octanol–water partition coefficient (Wildman–Crippen LogP) is 4.50. The van der Waals surface area contributed by atoms with Gasteiger partial charge in [0.05, 0.1) is 12.6 Å². The van der Waals surface area contributed by atoms with E-state index in [-0.39, 0.29) is 6.04 Å². The van der Waals surface area contributed by atoms with Gasteiger partial charge in [0.15, 0.2) is 11.5 Å². The molecule has 1 saturated carbocycles. The maximum atomic E-state index is 7.06. The summed E-state index contributed by atoms with van der Waals surface area (Å²) in [6.45, 7) is 11.1. The molecule has 8 nitrogen and oxygen atoms in total. The number of aromatic amines is 1. The molecular weight excluding hydrogens is 352 g/mol. The van der Waals surface area contributed by atoms with Crippen molar-refractivity contribution in [3.8, 4) is 0 Å². The summed E-state index contributed by atoms with van der Waals surface area (Å²) in [6, 6.07) is 9.51. The molecule has 8 heteroatoms. The Labute approximate surface area is 163 Å². The van der Waals surface area contributed by atoms with E-state index < -0.39 is 0 Å². The number of aryl methyl sites for hydroxylation is 1. The number of aromatic nitrogens is 5. The Morgan fingerprint density at radius 3 is 2.61 bits per heavy atom. The molecule has 1 aliphatic rings. The molecular formula is C20H22N8. The molecule has 3 aromatic rings. The summed E-state index contributed by atoms with van der Waals surface area (Å²) in [5.41, 5.74) is 2.84. The first-order chi connectivity index (χ1) is 13.6. The van der Waals surface area contributed by atoms with E-state index in [0.29, 0.717) is 41.6 Å². The fourth-order valence-electron chi connectivity index (χ4n) is 2.93. The third kappa shape index (κ3) is 4.09. The highest BCUT2D eigenvalue weighted by atomic mass is 15.3. The number of rotatable bonds is 7. The summed E-state index contributed by atoms with van der Waals surface area (Å²) in [5.74, 6) is 3.00. The van der Waals surface area contributed by atoms with Crippen LogP contribution in [0.3, 0.4) is 0 Å². The van der Waals surface area contributed by atoms with Gasteiger partial charge in [0.1, 0.15) is 5.82 Å². The van der Waals surface area contributed by atoms with Crippen LogP contribution < -0.4 is 10.6 Å². The third-order valence-electron chi connectivity index (χ3n) is 4.72. The van der Waals surface area contributed by atoms with Crippen molar-refractivity contribution in [1.29, 1.82) is 0 Å².